The van der Waals surface area contributed by atoms with E-state index in [-0.39, 0.29) is 43.2 Å². The number of nitrogens with one attached hydrogen (secondary N) is 1. The number of amides is 1. The van der Waals surface area contributed by atoms with E-state index >= 15 is 0 Å². The zero-order chi connectivity index (χ0) is 28.1. The van der Waals surface area contributed by atoms with Crippen molar-refractivity contribution in [2.45, 2.75) is 38.0 Å². The van der Waals surface area contributed by atoms with E-state index in [0.717, 1.165) is 24.3 Å². The lowest BCUT2D eigenvalue weighted by molar-refractivity contribution is -0.140. The highest BCUT2D eigenvalue weighted by atomic mass is 35.5. The van der Waals surface area contributed by atoms with Crippen LogP contribution in [0, 0.1) is 5.92 Å². The molecule has 13 heteroatoms. The summed E-state index contributed by atoms with van der Waals surface area (Å²) in [7, 11) is 0. The Morgan fingerprint density at radius 2 is 1.54 bits per heavy atom. The van der Waals surface area contributed by atoms with Crippen LogP contribution in [0.2, 0.25) is 20.1 Å². The van der Waals surface area contributed by atoms with Crippen molar-refractivity contribution in [1.82, 2.24) is 5.32 Å². The minimum atomic E-state index is -4.70. The number of benzene rings is 2. The van der Waals surface area contributed by atoms with Crippen LogP contribution in [0.1, 0.15) is 47.2 Å². The summed E-state index contributed by atoms with van der Waals surface area (Å²) in [5.74, 6) is -4.63. The van der Waals surface area contributed by atoms with E-state index in [1.165, 1.54) is 18.2 Å². The lowest BCUT2D eigenvalue weighted by atomic mass is 9.94. The Bertz CT molecular complexity index is 1160. The summed E-state index contributed by atoms with van der Waals surface area (Å²) in [5.41, 5.74) is -0.0307. The Hall–Kier alpha value is -1.94. The lowest BCUT2D eigenvalue weighted by Crippen LogP contribution is -2.38. The van der Waals surface area contributed by atoms with Gasteiger partial charge in [0, 0.05) is 17.9 Å². The SMILES string of the molecule is CCC(CC(=O)c1ccc(/C=C/C(c2cc(Cl)c(Cl)c(Cl)c2)C(F)(F)F)cc1Cl)C(=O)NCC(F)(F)F. The van der Waals surface area contributed by atoms with Gasteiger partial charge in [-0.3, -0.25) is 9.59 Å². The molecular weight excluding hydrogens is 590 g/mol. The molecule has 2 aromatic rings. The predicted molar refractivity (Wildman–Crippen MR) is 133 cm³/mol. The van der Waals surface area contributed by atoms with Crippen LogP contribution in [0.5, 0.6) is 0 Å². The molecule has 1 amide bonds. The van der Waals surface area contributed by atoms with E-state index in [0.29, 0.717) is 0 Å². The molecule has 37 heavy (non-hydrogen) atoms. The first-order valence-corrected chi connectivity index (χ1v) is 12.1. The third-order valence-corrected chi connectivity index (χ3v) is 6.76. The highest BCUT2D eigenvalue weighted by Crippen LogP contribution is 2.41. The molecule has 0 aliphatic heterocycles. The predicted octanol–water partition coefficient (Wildman–Crippen LogP) is 8.94. The zero-order valence-electron chi connectivity index (χ0n) is 18.9. The molecule has 202 valence electrons. The number of halogens is 10. The largest absolute Gasteiger partial charge is 0.405 e. The highest BCUT2D eigenvalue weighted by molar-refractivity contribution is 6.48. The Labute approximate surface area is 228 Å². The first-order valence-electron chi connectivity index (χ1n) is 10.6. The van der Waals surface area contributed by atoms with Gasteiger partial charge in [-0.2, -0.15) is 26.3 Å². The van der Waals surface area contributed by atoms with Crippen LogP contribution in [0.3, 0.4) is 0 Å². The van der Waals surface area contributed by atoms with Crippen LogP contribution in [-0.4, -0.2) is 30.6 Å². The number of allylic oxidation sites excluding steroid dienone is 1. The van der Waals surface area contributed by atoms with Crippen LogP contribution in [0.25, 0.3) is 6.08 Å². The molecule has 0 radical (unpaired) electrons. The average molecular weight is 609 g/mol. The summed E-state index contributed by atoms with van der Waals surface area (Å²) in [6.45, 7) is 0.0182. The summed E-state index contributed by atoms with van der Waals surface area (Å²) < 4.78 is 78.2. The molecule has 0 heterocycles. The van der Waals surface area contributed by atoms with Crippen molar-refractivity contribution in [3.8, 4) is 0 Å². The number of hydrogen-bond donors (Lipinski definition) is 1. The van der Waals surface area contributed by atoms with E-state index in [1.54, 1.807) is 12.2 Å². The topological polar surface area (TPSA) is 46.2 Å². The summed E-state index contributed by atoms with van der Waals surface area (Å²) in [6, 6.07) is 5.98. The standard InChI is InChI=1S/C24H19Cl4F6NO2/c1-2-13(22(37)35-11-23(29,30)31)10-20(36)15-5-3-12(7-17(15)25)4-6-16(24(32,33)34)14-8-18(26)21(28)19(27)9-14/h3-9,13,16H,2,10-11H2,1H3,(H,35,37)/b6-4+. The molecule has 2 rings (SSSR count). The quantitative estimate of drug-likeness (QED) is 0.175. The molecule has 0 fully saturated rings. The van der Waals surface area contributed by atoms with E-state index in [4.69, 9.17) is 46.4 Å². The van der Waals surface area contributed by atoms with Crippen LogP contribution in [0.4, 0.5) is 26.3 Å². The second-order valence-electron chi connectivity index (χ2n) is 7.98. The number of ketones is 1. The molecule has 0 spiro atoms. The lowest BCUT2D eigenvalue weighted by Gasteiger charge is -2.18. The summed E-state index contributed by atoms with van der Waals surface area (Å²) >= 11 is 23.7. The number of rotatable bonds is 9. The smallest absolute Gasteiger partial charge is 0.347 e. The fourth-order valence-electron chi connectivity index (χ4n) is 3.32. The highest BCUT2D eigenvalue weighted by Gasteiger charge is 2.39. The summed E-state index contributed by atoms with van der Waals surface area (Å²) in [4.78, 5) is 24.6. The monoisotopic (exact) mass is 607 g/mol. The fraction of sp³-hybridized carbons (Fsp3) is 0.333. The van der Waals surface area contributed by atoms with Gasteiger partial charge < -0.3 is 5.32 Å². The second-order valence-corrected chi connectivity index (χ2v) is 9.58. The molecule has 0 saturated carbocycles. The maximum absolute atomic E-state index is 13.7. The van der Waals surface area contributed by atoms with Crippen molar-refractivity contribution in [2.75, 3.05) is 6.54 Å². The van der Waals surface area contributed by atoms with Crippen LogP contribution < -0.4 is 5.32 Å². The minimum absolute atomic E-state index is 0.0236. The van der Waals surface area contributed by atoms with Gasteiger partial charge in [0.1, 0.15) is 6.54 Å². The van der Waals surface area contributed by atoms with Crippen molar-refractivity contribution >= 4 is 64.2 Å². The third-order valence-electron chi connectivity index (χ3n) is 5.25. The third kappa shape index (κ3) is 9.09. The van der Waals surface area contributed by atoms with Gasteiger partial charge in [-0.05, 0) is 41.8 Å². The van der Waals surface area contributed by atoms with E-state index in [1.807, 2.05) is 0 Å². The van der Waals surface area contributed by atoms with Gasteiger partial charge >= 0.3 is 12.4 Å². The molecule has 0 saturated heterocycles. The summed E-state index contributed by atoms with van der Waals surface area (Å²) in [6.07, 6.45) is -7.58. The minimum Gasteiger partial charge on any atom is -0.347 e. The van der Waals surface area contributed by atoms with E-state index in [2.05, 4.69) is 0 Å². The maximum Gasteiger partial charge on any atom is 0.405 e. The first-order chi connectivity index (χ1) is 17.0. The van der Waals surface area contributed by atoms with E-state index < -0.39 is 48.8 Å². The number of carbonyl (C=O) groups is 2. The molecular formula is C24H19Cl4F6NO2. The van der Waals surface area contributed by atoms with E-state index in [9.17, 15) is 35.9 Å². The van der Waals surface area contributed by atoms with Gasteiger partial charge in [0.15, 0.2) is 5.78 Å². The van der Waals surface area contributed by atoms with Gasteiger partial charge in [-0.1, -0.05) is 71.5 Å². The molecule has 0 bridgehead atoms. The fourth-order valence-corrected chi connectivity index (χ4v) is 4.23. The van der Waals surface area contributed by atoms with Gasteiger partial charge in [0.25, 0.3) is 0 Å². The Morgan fingerprint density at radius 3 is 2.03 bits per heavy atom. The van der Waals surface area contributed by atoms with Gasteiger partial charge in [0.05, 0.1) is 26.0 Å². The van der Waals surface area contributed by atoms with Crippen LogP contribution in [-0.2, 0) is 4.79 Å². The first kappa shape index (κ1) is 31.3. The molecule has 0 aliphatic carbocycles. The van der Waals surface area contributed by atoms with Gasteiger partial charge in [-0.15, -0.1) is 0 Å². The summed E-state index contributed by atoms with van der Waals surface area (Å²) in [5, 5.41) is 1.28. The van der Waals surface area contributed by atoms with Gasteiger partial charge in [-0.25, -0.2) is 0 Å². The van der Waals surface area contributed by atoms with Gasteiger partial charge in [0.2, 0.25) is 5.91 Å². The second kappa shape index (κ2) is 12.7. The van der Waals surface area contributed by atoms with Crippen molar-refractivity contribution in [3.05, 3.63) is 73.2 Å². The number of Topliss-reactive ketones (excluding diaryl/α,β-unsaturated/α-hetero) is 1. The number of hydrogen-bond acceptors (Lipinski definition) is 2. The molecule has 0 aromatic heterocycles. The molecule has 0 aliphatic rings. The van der Waals surface area contributed by atoms with Crippen LogP contribution in [0.15, 0.2) is 36.4 Å². The Balaban J connectivity index is 2.22. The molecule has 2 atom stereocenters. The molecule has 2 aromatic carbocycles. The van der Waals surface area contributed by atoms with Crippen molar-refractivity contribution in [3.63, 3.8) is 0 Å². The molecule has 2 unspecified atom stereocenters. The maximum atomic E-state index is 13.7. The van der Waals surface area contributed by atoms with Crippen LogP contribution >= 0.6 is 46.4 Å². The van der Waals surface area contributed by atoms with Crippen molar-refractivity contribution in [2.24, 2.45) is 5.92 Å². The Kier molecular flexibility index (Phi) is 10.8. The Morgan fingerprint density at radius 1 is 0.946 bits per heavy atom. The normalized spacial score (nSPS) is 14.0. The zero-order valence-corrected chi connectivity index (χ0v) is 21.9. The molecule has 3 nitrogen and oxygen atoms in total. The number of carbonyl (C=O) groups excluding carboxylic acids is 2. The van der Waals surface area contributed by atoms with Crippen molar-refractivity contribution in [1.29, 1.82) is 0 Å². The average Bonchev–Trinajstić information content (AvgIpc) is 2.78. The number of alkyl halides is 6. The van der Waals surface area contributed by atoms with Crippen molar-refractivity contribution < 1.29 is 35.9 Å². The molecule has 1 N–H and O–H groups in total.